The Kier molecular flexibility index (Phi) is 1.81. The summed E-state index contributed by atoms with van der Waals surface area (Å²) in [6.45, 7) is 0. The Morgan fingerprint density at radius 2 is 1.93 bits per heavy atom. The van der Waals surface area contributed by atoms with Crippen LogP contribution in [-0.4, -0.2) is 11.1 Å². The molecule has 15 heavy (non-hydrogen) atoms. The smallest absolute Gasteiger partial charge is 0.345 e. The summed E-state index contributed by atoms with van der Waals surface area (Å²) in [5, 5.41) is 13.2. The van der Waals surface area contributed by atoms with E-state index in [1.165, 1.54) is 21.4 Å². The summed E-state index contributed by atoms with van der Waals surface area (Å²) in [4.78, 5) is 11.3. The van der Waals surface area contributed by atoms with Gasteiger partial charge < -0.3 is 5.11 Å². The van der Waals surface area contributed by atoms with Crippen LogP contribution in [0.2, 0.25) is 0 Å². The van der Waals surface area contributed by atoms with Crippen LogP contribution < -0.4 is 0 Å². The molecule has 2 nitrogen and oxygen atoms in total. The minimum absolute atomic E-state index is 0.408. The number of carbonyl (C=O) groups is 1. The predicted molar refractivity (Wildman–Crippen MR) is 64.2 cm³/mol. The maximum Gasteiger partial charge on any atom is 0.345 e. The number of hydrogen-bond donors (Lipinski definition) is 1. The minimum atomic E-state index is -0.846. The van der Waals surface area contributed by atoms with Crippen molar-refractivity contribution in [3.05, 3.63) is 34.5 Å². The molecule has 1 aromatic carbocycles. The highest BCUT2D eigenvalue weighted by atomic mass is 32.1. The van der Waals surface area contributed by atoms with Crippen molar-refractivity contribution in [3.63, 3.8) is 0 Å². The van der Waals surface area contributed by atoms with Crippen LogP contribution in [0.3, 0.4) is 0 Å². The number of rotatable bonds is 1. The first-order valence-corrected chi connectivity index (χ1v) is 6.08. The Labute approximate surface area is 93.4 Å². The molecule has 4 heteroatoms. The van der Waals surface area contributed by atoms with Crippen LogP contribution in [0.1, 0.15) is 9.67 Å². The van der Waals surface area contributed by atoms with Crippen molar-refractivity contribution in [2.75, 3.05) is 0 Å². The lowest BCUT2D eigenvalue weighted by Gasteiger charge is -1.90. The summed E-state index contributed by atoms with van der Waals surface area (Å²) in [7, 11) is 0. The number of carboxylic acids is 1. The molecule has 0 aliphatic rings. The van der Waals surface area contributed by atoms with Crippen molar-refractivity contribution in [3.8, 4) is 0 Å². The zero-order valence-corrected chi connectivity index (χ0v) is 9.19. The lowest BCUT2D eigenvalue weighted by atomic mass is 10.2. The summed E-state index contributed by atoms with van der Waals surface area (Å²) in [5.74, 6) is -0.846. The monoisotopic (exact) mass is 234 g/mol. The highest BCUT2D eigenvalue weighted by Crippen LogP contribution is 2.35. The number of hydrogen-bond acceptors (Lipinski definition) is 3. The molecule has 3 aromatic rings. The highest BCUT2D eigenvalue weighted by molar-refractivity contribution is 7.27. The molecule has 2 aromatic heterocycles. The van der Waals surface area contributed by atoms with E-state index in [2.05, 4.69) is 6.07 Å². The number of aromatic carboxylic acids is 1. The fourth-order valence-corrected chi connectivity index (χ4v) is 3.69. The lowest BCUT2D eigenvalue weighted by molar-refractivity contribution is 0.0702. The van der Waals surface area contributed by atoms with E-state index >= 15 is 0 Å². The first-order valence-electron chi connectivity index (χ1n) is 4.39. The Hall–Kier alpha value is -1.39. The molecule has 0 atom stereocenters. The molecule has 0 unspecified atom stereocenters. The highest BCUT2D eigenvalue weighted by Gasteiger charge is 2.10. The van der Waals surface area contributed by atoms with E-state index in [9.17, 15) is 4.79 Å². The van der Waals surface area contributed by atoms with Gasteiger partial charge in [0.05, 0.1) is 9.40 Å². The number of benzene rings is 1. The van der Waals surface area contributed by atoms with Gasteiger partial charge in [0.2, 0.25) is 0 Å². The predicted octanol–water partition coefficient (Wildman–Crippen LogP) is 3.81. The first-order chi connectivity index (χ1) is 7.25. The largest absolute Gasteiger partial charge is 0.477 e. The van der Waals surface area contributed by atoms with Crippen molar-refractivity contribution < 1.29 is 9.90 Å². The van der Waals surface area contributed by atoms with Crippen LogP contribution in [0.4, 0.5) is 0 Å². The minimum Gasteiger partial charge on any atom is -0.477 e. The van der Waals surface area contributed by atoms with E-state index in [1.807, 2.05) is 17.5 Å². The second kappa shape index (κ2) is 3.05. The third kappa shape index (κ3) is 1.26. The van der Waals surface area contributed by atoms with Crippen LogP contribution in [0, 0.1) is 0 Å². The fourth-order valence-electron chi connectivity index (χ4n) is 1.63. The van der Waals surface area contributed by atoms with E-state index in [4.69, 9.17) is 5.11 Å². The zero-order chi connectivity index (χ0) is 10.4. The van der Waals surface area contributed by atoms with Gasteiger partial charge in [-0.3, -0.25) is 0 Å². The molecular weight excluding hydrogens is 228 g/mol. The zero-order valence-electron chi connectivity index (χ0n) is 7.56. The molecule has 0 saturated heterocycles. The molecule has 0 bridgehead atoms. The van der Waals surface area contributed by atoms with Gasteiger partial charge in [-0.1, -0.05) is 12.1 Å². The van der Waals surface area contributed by atoms with Crippen LogP contribution in [0.5, 0.6) is 0 Å². The van der Waals surface area contributed by atoms with E-state index in [0.717, 1.165) is 10.1 Å². The van der Waals surface area contributed by atoms with Gasteiger partial charge in [-0.2, -0.15) is 0 Å². The molecule has 3 rings (SSSR count). The molecule has 0 saturated carbocycles. The molecule has 0 amide bonds. The average molecular weight is 234 g/mol. The topological polar surface area (TPSA) is 37.3 Å². The average Bonchev–Trinajstić information content (AvgIpc) is 2.82. The lowest BCUT2D eigenvalue weighted by Crippen LogP contribution is -1.89. The van der Waals surface area contributed by atoms with Crippen molar-refractivity contribution >= 4 is 48.8 Å². The summed E-state index contributed by atoms with van der Waals surface area (Å²) in [5.41, 5.74) is 0. The number of carboxylic acid groups (broad SMARTS) is 1. The van der Waals surface area contributed by atoms with Gasteiger partial charge in [0.15, 0.2) is 0 Å². The molecule has 2 heterocycles. The Balaban J connectivity index is 2.46. The van der Waals surface area contributed by atoms with Gasteiger partial charge in [-0.15, -0.1) is 22.7 Å². The Morgan fingerprint density at radius 1 is 1.13 bits per heavy atom. The molecule has 74 valence electrons. The summed E-state index contributed by atoms with van der Waals surface area (Å²) in [6, 6.07) is 7.81. The normalized spacial score (nSPS) is 11.2. The van der Waals surface area contributed by atoms with Gasteiger partial charge in [0.1, 0.15) is 4.88 Å². The number of fused-ring (bicyclic) bond motifs is 3. The molecule has 0 spiro atoms. The second-order valence-corrected chi connectivity index (χ2v) is 5.21. The third-order valence-corrected chi connectivity index (χ3v) is 4.55. The maximum absolute atomic E-state index is 10.9. The van der Waals surface area contributed by atoms with E-state index in [1.54, 1.807) is 17.4 Å². The van der Waals surface area contributed by atoms with Crippen LogP contribution >= 0.6 is 22.7 Å². The van der Waals surface area contributed by atoms with Crippen LogP contribution in [-0.2, 0) is 0 Å². The van der Waals surface area contributed by atoms with Gasteiger partial charge >= 0.3 is 5.97 Å². The summed E-state index contributed by atoms with van der Waals surface area (Å²) in [6.07, 6.45) is 0. The van der Waals surface area contributed by atoms with Gasteiger partial charge in [-0.05, 0) is 28.3 Å². The SMILES string of the molecule is O=C(O)c1cc2ccc3ccsc3c2s1. The van der Waals surface area contributed by atoms with Crippen molar-refractivity contribution in [1.29, 1.82) is 0 Å². The Bertz CT molecular complexity index is 663. The third-order valence-electron chi connectivity index (χ3n) is 2.32. The first kappa shape index (κ1) is 8.88. The molecule has 0 radical (unpaired) electrons. The summed E-state index contributed by atoms with van der Waals surface area (Å²) >= 11 is 3.01. The van der Waals surface area contributed by atoms with Crippen LogP contribution in [0.25, 0.3) is 20.2 Å². The number of thiophene rings is 2. The fraction of sp³-hybridized carbons (Fsp3) is 0. The van der Waals surface area contributed by atoms with Crippen molar-refractivity contribution in [2.24, 2.45) is 0 Å². The summed E-state index contributed by atoms with van der Waals surface area (Å²) < 4.78 is 2.27. The van der Waals surface area contributed by atoms with Crippen molar-refractivity contribution in [2.45, 2.75) is 0 Å². The molecule has 0 fully saturated rings. The van der Waals surface area contributed by atoms with E-state index < -0.39 is 5.97 Å². The van der Waals surface area contributed by atoms with E-state index in [0.29, 0.717) is 4.88 Å². The standard InChI is InChI=1S/C11H6O2S2/c12-11(13)8-5-7-2-1-6-3-4-14-9(6)10(7)15-8/h1-5H,(H,12,13). The van der Waals surface area contributed by atoms with Crippen LogP contribution in [0.15, 0.2) is 29.6 Å². The van der Waals surface area contributed by atoms with Gasteiger partial charge in [-0.25, -0.2) is 4.79 Å². The van der Waals surface area contributed by atoms with Gasteiger partial charge in [0, 0.05) is 0 Å². The quantitative estimate of drug-likeness (QED) is 0.695. The second-order valence-electron chi connectivity index (χ2n) is 3.24. The van der Waals surface area contributed by atoms with Gasteiger partial charge in [0.25, 0.3) is 0 Å². The molecular formula is C11H6O2S2. The molecule has 0 aliphatic heterocycles. The molecule has 0 aliphatic carbocycles. The maximum atomic E-state index is 10.9. The Morgan fingerprint density at radius 3 is 2.73 bits per heavy atom. The molecule has 1 N–H and O–H groups in total. The van der Waals surface area contributed by atoms with Crippen molar-refractivity contribution in [1.82, 2.24) is 0 Å². The van der Waals surface area contributed by atoms with E-state index in [-0.39, 0.29) is 0 Å².